The van der Waals surface area contributed by atoms with Crippen molar-refractivity contribution in [3.05, 3.63) is 10.6 Å². The van der Waals surface area contributed by atoms with Gasteiger partial charge in [-0.15, -0.1) is 0 Å². The smallest absolute Gasteiger partial charge is 0.324 e. The Morgan fingerprint density at radius 1 is 1.11 bits per heavy atom. The van der Waals surface area contributed by atoms with Crippen molar-refractivity contribution in [2.75, 3.05) is 13.2 Å². The van der Waals surface area contributed by atoms with Crippen LogP contribution in [0.3, 0.4) is 0 Å². The van der Waals surface area contributed by atoms with Crippen LogP contribution in [0.4, 0.5) is 0 Å². The monoisotopic (exact) mass is 310 g/mol. The summed E-state index contributed by atoms with van der Waals surface area (Å²) < 4.78 is 10.0. The highest BCUT2D eigenvalue weighted by Crippen LogP contribution is 2.36. The van der Waals surface area contributed by atoms with Crippen LogP contribution in [0, 0.1) is 11.3 Å². The fourth-order valence-corrected chi connectivity index (χ4v) is 1.87. The van der Waals surface area contributed by atoms with Gasteiger partial charge in [-0.25, -0.2) is 0 Å². The molecule has 0 heterocycles. The van der Waals surface area contributed by atoms with E-state index in [0.29, 0.717) is 0 Å². The normalized spacial score (nSPS) is 11.1. The molecule has 0 atom stereocenters. The van der Waals surface area contributed by atoms with Crippen LogP contribution in [0.2, 0.25) is 0 Å². The third-order valence-electron chi connectivity index (χ3n) is 2.84. The number of carbonyl (C=O) groups is 2. The molecule has 0 saturated carbocycles. The van der Waals surface area contributed by atoms with Crippen molar-refractivity contribution in [2.24, 2.45) is 11.3 Å². The van der Waals surface area contributed by atoms with Gasteiger partial charge in [0.15, 0.2) is 5.41 Å². The zero-order valence-electron chi connectivity index (χ0n) is 11.7. The van der Waals surface area contributed by atoms with Gasteiger partial charge in [-0.2, -0.15) is 0 Å². The van der Waals surface area contributed by atoms with Crippen molar-refractivity contribution in [3.63, 3.8) is 0 Å². The van der Waals surface area contributed by atoms with Crippen LogP contribution in [0.1, 0.15) is 34.1 Å². The number of hydrogen-bond acceptors (Lipinski definition) is 4. The largest absolute Gasteiger partial charge is 0.465 e. The van der Waals surface area contributed by atoms with Gasteiger partial charge in [0.25, 0.3) is 0 Å². The number of hydrogen-bond donors (Lipinski definition) is 0. The summed E-state index contributed by atoms with van der Waals surface area (Å²) in [6.07, 6.45) is 1.46. The minimum absolute atomic E-state index is 0.00128. The summed E-state index contributed by atoms with van der Waals surface area (Å²) in [5.74, 6) is -1.54. The van der Waals surface area contributed by atoms with Crippen molar-refractivity contribution in [1.82, 2.24) is 0 Å². The Labute approximate surface area is 124 Å². The zero-order valence-corrected chi connectivity index (χ0v) is 13.2. The molecule has 0 rings (SSSR count). The maximum atomic E-state index is 12.2. The summed E-state index contributed by atoms with van der Waals surface area (Å²) >= 11 is 11.1. The Kier molecular flexibility index (Phi) is 8.11. The number of rotatable bonds is 7. The lowest BCUT2D eigenvalue weighted by Crippen LogP contribution is -2.46. The first-order valence-electron chi connectivity index (χ1n) is 6.18. The topological polar surface area (TPSA) is 52.6 Å². The van der Waals surface area contributed by atoms with Gasteiger partial charge >= 0.3 is 11.9 Å². The maximum absolute atomic E-state index is 12.2. The number of allylic oxidation sites excluding steroid dienone is 1. The number of carbonyl (C=O) groups excluding carboxylic acids is 2. The maximum Gasteiger partial charge on any atom is 0.324 e. The molecule has 0 saturated heterocycles. The molecule has 0 N–H and O–H groups in total. The van der Waals surface area contributed by atoms with Gasteiger partial charge in [0.2, 0.25) is 0 Å². The average Bonchev–Trinajstić information content (AvgIpc) is 2.29. The molecule has 0 unspecified atom stereocenters. The number of ether oxygens (including phenoxy) is 2. The molecule has 0 amide bonds. The lowest BCUT2D eigenvalue weighted by atomic mass is 9.74. The van der Waals surface area contributed by atoms with E-state index in [4.69, 9.17) is 32.7 Å². The molecule has 0 aromatic heterocycles. The number of halogens is 2. The highest BCUT2D eigenvalue weighted by atomic mass is 35.5. The molecule has 0 bridgehead atoms. The van der Waals surface area contributed by atoms with E-state index in [1.165, 1.54) is 6.08 Å². The molecule has 0 aromatic rings. The molecular formula is C13H20Cl2O4. The molecule has 19 heavy (non-hydrogen) atoms. The molecule has 0 spiro atoms. The second-order valence-corrected chi connectivity index (χ2v) is 5.27. The van der Waals surface area contributed by atoms with Gasteiger partial charge in [0.1, 0.15) is 4.49 Å². The Morgan fingerprint density at radius 2 is 1.53 bits per heavy atom. The van der Waals surface area contributed by atoms with Crippen LogP contribution < -0.4 is 0 Å². The summed E-state index contributed by atoms with van der Waals surface area (Å²) in [5.41, 5.74) is -1.42. The third-order valence-corrected chi connectivity index (χ3v) is 3.15. The third kappa shape index (κ3) is 4.69. The predicted molar refractivity (Wildman–Crippen MR) is 74.9 cm³/mol. The number of esters is 2. The van der Waals surface area contributed by atoms with E-state index in [1.807, 2.05) is 0 Å². The van der Waals surface area contributed by atoms with Crippen LogP contribution in [0.25, 0.3) is 0 Å². The lowest BCUT2D eigenvalue weighted by Gasteiger charge is -2.31. The first-order chi connectivity index (χ1) is 8.82. The van der Waals surface area contributed by atoms with E-state index in [9.17, 15) is 9.59 Å². The summed E-state index contributed by atoms with van der Waals surface area (Å²) in [6, 6.07) is 0. The van der Waals surface area contributed by atoms with Crippen LogP contribution in [-0.4, -0.2) is 25.2 Å². The summed E-state index contributed by atoms with van der Waals surface area (Å²) in [5, 5.41) is 0. The first kappa shape index (κ1) is 18.3. The van der Waals surface area contributed by atoms with E-state index >= 15 is 0 Å². The van der Waals surface area contributed by atoms with Gasteiger partial charge in [-0.1, -0.05) is 43.1 Å². The molecular weight excluding hydrogens is 291 g/mol. The van der Waals surface area contributed by atoms with Crippen molar-refractivity contribution in [1.29, 1.82) is 0 Å². The van der Waals surface area contributed by atoms with Gasteiger partial charge in [-0.3, -0.25) is 9.59 Å². The van der Waals surface area contributed by atoms with Crippen molar-refractivity contribution < 1.29 is 19.1 Å². The summed E-state index contributed by atoms with van der Waals surface area (Å²) in [7, 11) is 0. The van der Waals surface area contributed by atoms with Crippen molar-refractivity contribution in [3.8, 4) is 0 Å². The van der Waals surface area contributed by atoms with Gasteiger partial charge < -0.3 is 9.47 Å². The fraction of sp³-hybridized carbons (Fsp3) is 0.692. The molecule has 0 aliphatic carbocycles. The Morgan fingerprint density at radius 3 is 1.79 bits per heavy atom. The molecule has 110 valence electrons. The Bertz CT molecular complexity index is 329. The minimum Gasteiger partial charge on any atom is -0.465 e. The summed E-state index contributed by atoms with van der Waals surface area (Å²) in [4.78, 5) is 24.4. The molecule has 0 aliphatic rings. The van der Waals surface area contributed by atoms with Crippen LogP contribution >= 0.6 is 23.2 Å². The van der Waals surface area contributed by atoms with E-state index in [1.54, 1.807) is 27.7 Å². The SMILES string of the molecule is CCOC(=O)C(CC=C(Cl)Cl)(C(=O)OCC)C(C)C. The molecule has 0 aromatic carbocycles. The standard InChI is InChI=1S/C13H20Cl2O4/c1-5-18-11(16)13(9(3)4,8-7-10(14)15)12(17)19-6-2/h7,9H,5-6,8H2,1-4H3. The van der Waals surface area contributed by atoms with E-state index < -0.39 is 17.4 Å². The molecule has 6 heteroatoms. The summed E-state index contributed by atoms with van der Waals surface area (Å²) in [6.45, 7) is 7.24. The zero-order chi connectivity index (χ0) is 15.1. The lowest BCUT2D eigenvalue weighted by molar-refractivity contribution is -0.175. The Balaban J connectivity index is 5.53. The first-order valence-corrected chi connectivity index (χ1v) is 6.94. The van der Waals surface area contributed by atoms with Gasteiger partial charge in [0, 0.05) is 0 Å². The van der Waals surface area contributed by atoms with Crippen LogP contribution in [0.5, 0.6) is 0 Å². The van der Waals surface area contributed by atoms with E-state index in [0.717, 1.165) is 0 Å². The van der Waals surface area contributed by atoms with Crippen molar-refractivity contribution in [2.45, 2.75) is 34.1 Å². The quantitative estimate of drug-likeness (QED) is 0.534. The second-order valence-electron chi connectivity index (χ2n) is 4.26. The minimum atomic E-state index is -1.42. The van der Waals surface area contributed by atoms with Crippen LogP contribution in [-0.2, 0) is 19.1 Å². The average molecular weight is 311 g/mol. The van der Waals surface area contributed by atoms with Gasteiger partial charge in [0.05, 0.1) is 13.2 Å². The Hall–Kier alpha value is -0.740. The van der Waals surface area contributed by atoms with E-state index in [2.05, 4.69) is 0 Å². The van der Waals surface area contributed by atoms with Crippen molar-refractivity contribution >= 4 is 35.1 Å². The fourth-order valence-electron chi connectivity index (χ4n) is 1.71. The highest BCUT2D eigenvalue weighted by Gasteiger charge is 2.50. The highest BCUT2D eigenvalue weighted by molar-refractivity contribution is 6.55. The molecule has 0 fully saturated rings. The molecule has 0 radical (unpaired) electrons. The van der Waals surface area contributed by atoms with Gasteiger partial charge in [-0.05, 0) is 26.2 Å². The van der Waals surface area contributed by atoms with E-state index in [-0.39, 0.29) is 30.0 Å². The predicted octanol–water partition coefficient (Wildman–Crippen LogP) is 3.46. The molecule has 4 nitrogen and oxygen atoms in total. The second kappa shape index (κ2) is 8.43. The van der Waals surface area contributed by atoms with Crippen LogP contribution in [0.15, 0.2) is 10.6 Å². The molecule has 0 aliphatic heterocycles.